The first-order valence-electron chi connectivity index (χ1n) is 7.81. The zero-order valence-corrected chi connectivity index (χ0v) is 12.4. The lowest BCUT2D eigenvalue weighted by Gasteiger charge is -2.33. The summed E-state index contributed by atoms with van der Waals surface area (Å²) in [4.78, 5) is 13.3. The summed E-state index contributed by atoms with van der Waals surface area (Å²) < 4.78 is 0. The maximum Gasteiger partial charge on any atom is 0.292 e. The topological polar surface area (TPSA) is 66.6 Å². The van der Waals surface area contributed by atoms with E-state index < -0.39 is 6.10 Å². The van der Waals surface area contributed by atoms with Crippen molar-refractivity contribution in [2.75, 3.05) is 11.4 Å². The van der Waals surface area contributed by atoms with Crippen LogP contribution >= 0.6 is 0 Å². The van der Waals surface area contributed by atoms with Crippen LogP contribution in [0.1, 0.15) is 50.7 Å². The van der Waals surface area contributed by atoms with Crippen molar-refractivity contribution in [1.82, 2.24) is 0 Å². The minimum atomic E-state index is -0.682. The fourth-order valence-corrected chi connectivity index (χ4v) is 3.89. The van der Waals surface area contributed by atoms with Crippen molar-refractivity contribution in [2.24, 2.45) is 5.92 Å². The van der Waals surface area contributed by atoms with Gasteiger partial charge in [-0.2, -0.15) is 0 Å². The Morgan fingerprint density at radius 1 is 1.33 bits per heavy atom. The van der Waals surface area contributed by atoms with E-state index in [2.05, 4.69) is 4.90 Å². The van der Waals surface area contributed by atoms with Gasteiger partial charge in [0.1, 0.15) is 5.69 Å². The van der Waals surface area contributed by atoms with Gasteiger partial charge < -0.3 is 10.0 Å². The fourth-order valence-electron chi connectivity index (χ4n) is 3.89. The number of aliphatic hydroxyl groups is 1. The Morgan fingerprint density at radius 3 is 2.81 bits per heavy atom. The number of aliphatic hydroxyl groups excluding tert-OH is 1. The Kier molecular flexibility index (Phi) is 3.85. The van der Waals surface area contributed by atoms with E-state index in [1.54, 1.807) is 6.92 Å². The molecule has 1 aromatic carbocycles. The maximum absolute atomic E-state index is 11.4. The van der Waals surface area contributed by atoms with Crippen molar-refractivity contribution in [1.29, 1.82) is 0 Å². The third kappa shape index (κ3) is 2.62. The molecule has 0 radical (unpaired) electrons. The normalized spacial score (nSPS) is 26.5. The molecule has 5 heteroatoms. The smallest absolute Gasteiger partial charge is 0.292 e. The Labute approximate surface area is 124 Å². The predicted octanol–water partition coefficient (Wildman–Crippen LogP) is 3.42. The van der Waals surface area contributed by atoms with Crippen LogP contribution in [0.25, 0.3) is 0 Å². The maximum atomic E-state index is 11.4. The van der Waals surface area contributed by atoms with Crippen LogP contribution in [-0.4, -0.2) is 22.6 Å². The number of hydrogen-bond acceptors (Lipinski definition) is 4. The standard InChI is InChI=1S/C16H22N2O3/c1-11(19)13-6-7-15(16(10-13)18(20)21)17-9-8-12-4-2-3-5-14(12)17/h6-7,10-12,14,19H,2-5,8-9H2,1H3/t11-,12?,14?/m0/s1. The van der Waals surface area contributed by atoms with Crippen molar-refractivity contribution in [3.05, 3.63) is 33.9 Å². The highest BCUT2D eigenvalue weighted by molar-refractivity contribution is 5.65. The van der Waals surface area contributed by atoms with Gasteiger partial charge in [0.25, 0.3) is 5.69 Å². The van der Waals surface area contributed by atoms with E-state index in [1.807, 2.05) is 12.1 Å². The van der Waals surface area contributed by atoms with Crippen molar-refractivity contribution in [2.45, 2.75) is 51.2 Å². The van der Waals surface area contributed by atoms with Crippen LogP contribution in [0.4, 0.5) is 11.4 Å². The second kappa shape index (κ2) is 5.64. The van der Waals surface area contributed by atoms with Gasteiger partial charge in [-0.3, -0.25) is 10.1 Å². The average molecular weight is 290 g/mol. The second-order valence-corrected chi connectivity index (χ2v) is 6.28. The number of benzene rings is 1. The molecule has 114 valence electrons. The Morgan fingerprint density at radius 2 is 2.10 bits per heavy atom. The van der Waals surface area contributed by atoms with Gasteiger partial charge in [0, 0.05) is 18.7 Å². The molecule has 1 aliphatic carbocycles. The summed E-state index contributed by atoms with van der Waals surface area (Å²) in [5.41, 5.74) is 1.45. The van der Waals surface area contributed by atoms with Crippen molar-refractivity contribution in [3.8, 4) is 0 Å². The molecule has 1 heterocycles. The average Bonchev–Trinajstić information content (AvgIpc) is 2.90. The van der Waals surface area contributed by atoms with E-state index in [4.69, 9.17) is 0 Å². The van der Waals surface area contributed by atoms with Gasteiger partial charge >= 0.3 is 0 Å². The van der Waals surface area contributed by atoms with Gasteiger partial charge in [-0.05, 0) is 43.7 Å². The molecule has 2 aliphatic rings. The molecule has 1 aliphatic heterocycles. The third-order valence-corrected chi connectivity index (χ3v) is 5.00. The number of hydrogen-bond donors (Lipinski definition) is 1. The molecule has 2 unspecified atom stereocenters. The summed E-state index contributed by atoms with van der Waals surface area (Å²) in [5.74, 6) is 0.690. The second-order valence-electron chi connectivity index (χ2n) is 6.28. The zero-order valence-electron chi connectivity index (χ0n) is 12.4. The molecule has 3 rings (SSSR count). The highest BCUT2D eigenvalue weighted by atomic mass is 16.6. The monoisotopic (exact) mass is 290 g/mol. The molecule has 0 amide bonds. The number of rotatable bonds is 3. The number of nitro benzene ring substituents is 1. The number of nitro groups is 1. The molecule has 5 nitrogen and oxygen atoms in total. The molecule has 0 aromatic heterocycles. The molecule has 0 bridgehead atoms. The summed E-state index contributed by atoms with van der Waals surface area (Å²) in [6.45, 7) is 2.54. The summed E-state index contributed by atoms with van der Waals surface area (Å²) in [6, 6.07) is 5.60. The van der Waals surface area contributed by atoms with E-state index in [1.165, 1.54) is 25.3 Å². The Balaban J connectivity index is 1.96. The van der Waals surface area contributed by atoms with Crippen LogP contribution in [0.3, 0.4) is 0 Å². The minimum Gasteiger partial charge on any atom is -0.389 e. The zero-order chi connectivity index (χ0) is 15.0. The van der Waals surface area contributed by atoms with E-state index in [9.17, 15) is 15.2 Å². The van der Waals surface area contributed by atoms with Crippen LogP contribution in [-0.2, 0) is 0 Å². The van der Waals surface area contributed by atoms with Gasteiger partial charge in [0.05, 0.1) is 11.0 Å². The van der Waals surface area contributed by atoms with Gasteiger partial charge in [-0.15, -0.1) is 0 Å². The summed E-state index contributed by atoms with van der Waals surface area (Å²) in [7, 11) is 0. The highest BCUT2D eigenvalue weighted by Gasteiger charge is 2.38. The molecular formula is C16H22N2O3. The minimum absolute atomic E-state index is 0.125. The molecule has 21 heavy (non-hydrogen) atoms. The van der Waals surface area contributed by atoms with E-state index in [0.29, 0.717) is 17.5 Å². The first kappa shape index (κ1) is 14.3. The summed E-state index contributed by atoms with van der Waals surface area (Å²) in [5, 5.41) is 21.0. The third-order valence-electron chi connectivity index (χ3n) is 5.00. The highest BCUT2D eigenvalue weighted by Crippen LogP contribution is 2.42. The lowest BCUT2D eigenvalue weighted by atomic mass is 9.85. The molecule has 1 saturated heterocycles. The molecule has 2 fully saturated rings. The number of fused-ring (bicyclic) bond motifs is 1. The lowest BCUT2D eigenvalue weighted by molar-refractivity contribution is -0.384. The Bertz CT molecular complexity index is 544. The predicted molar refractivity (Wildman–Crippen MR) is 81.4 cm³/mol. The molecular weight excluding hydrogens is 268 g/mol. The molecule has 1 aromatic rings. The van der Waals surface area contributed by atoms with Crippen molar-refractivity contribution < 1.29 is 10.0 Å². The SMILES string of the molecule is C[C@H](O)c1ccc(N2CCC3CCCCC32)c([N+](=O)[O-])c1. The van der Waals surface area contributed by atoms with Crippen LogP contribution in [0.2, 0.25) is 0 Å². The van der Waals surface area contributed by atoms with Crippen LogP contribution in [0.5, 0.6) is 0 Å². The molecule has 0 spiro atoms. The quantitative estimate of drug-likeness (QED) is 0.684. The van der Waals surface area contributed by atoms with Crippen LogP contribution in [0, 0.1) is 16.0 Å². The van der Waals surface area contributed by atoms with E-state index >= 15 is 0 Å². The van der Waals surface area contributed by atoms with Crippen LogP contribution in [0.15, 0.2) is 18.2 Å². The number of nitrogens with zero attached hydrogens (tertiary/aromatic N) is 2. The first-order valence-corrected chi connectivity index (χ1v) is 7.81. The number of anilines is 1. The summed E-state index contributed by atoms with van der Waals surface area (Å²) >= 11 is 0. The van der Waals surface area contributed by atoms with E-state index in [-0.39, 0.29) is 10.6 Å². The van der Waals surface area contributed by atoms with Crippen LogP contribution < -0.4 is 4.90 Å². The molecule has 1 saturated carbocycles. The van der Waals surface area contributed by atoms with E-state index in [0.717, 1.165) is 25.1 Å². The van der Waals surface area contributed by atoms with Gasteiger partial charge in [-0.25, -0.2) is 0 Å². The largest absolute Gasteiger partial charge is 0.389 e. The first-order chi connectivity index (χ1) is 10.1. The van der Waals surface area contributed by atoms with Gasteiger partial charge in [-0.1, -0.05) is 18.9 Å². The molecule has 3 atom stereocenters. The van der Waals surface area contributed by atoms with Crippen molar-refractivity contribution in [3.63, 3.8) is 0 Å². The van der Waals surface area contributed by atoms with Gasteiger partial charge in [0.15, 0.2) is 0 Å². The van der Waals surface area contributed by atoms with Gasteiger partial charge in [0.2, 0.25) is 0 Å². The fraction of sp³-hybridized carbons (Fsp3) is 0.625. The Hall–Kier alpha value is -1.62. The molecule has 1 N–H and O–H groups in total. The lowest BCUT2D eigenvalue weighted by Crippen LogP contribution is -2.35. The van der Waals surface area contributed by atoms with Crippen molar-refractivity contribution >= 4 is 11.4 Å². The summed E-state index contributed by atoms with van der Waals surface area (Å²) in [6.07, 6.45) is 5.36.